The maximum absolute atomic E-state index is 12.0. The lowest BCUT2D eigenvalue weighted by molar-refractivity contribution is -0.116. The van der Waals surface area contributed by atoms with Crippen molar-refractivity contribution in [3.63, 3.8) is 0 Å². The molecule has 2 heterocycles. The lowest BCUT2D eigenvalue weighted by atomic mass is 10.2. The number of nitrogens with one attached hydrogen (secondary N) is 1. The number of halogens is 1. The van der Waals surface area contributed by atoms with Crippen molar-refractivity contribution in [2.45, 2.75) is 19.4 Å². The average molecular weight is 323 g/mol. The highest BCUT2D eigenvalue weighted by Crippen LogP contribution is 2.37. The number of hydrogen-bond donors (Lipinski definition) is 1. The van der Waals surface area contributed by atoms with Crippen LogP contribution in [0.1, 0.15) is 12.8 Å². The minimum absolute atomic E-state index is 0.160. The summed E-state index contributed by atoms with van der Waals surface area (Å²) >= 11 is 6.18. The van der Waals surface area contributed by atoms with Crippen LogP contribution in [0.3, 0.4) is 0 Å². The summed E-state index contributed by atoms with van der Waals surface area (Å²) in [7, 11) is 0. The lowest BCUT2D eigenvalue weighted by Crippen LogP contribution is -2.15. The first-order valence-electron chi connectivity index (χ1n) is 6.94. The van der Waals surface area contributed by atoms with Gasteiger partial charge in [-0.15, -0.1) is 0 Å². The minimum atomic E-state index is -0.160. The molecule has 0 atom stereocenters. The Kier molecular flexibility index (Phi) is 4.43. The number of hydrogen-bond acceptors (Lipinski definition) is 5. The van der Waals surface area contributed by atoms with Crippen LogP contribution in [-0.2, 0) is 11.3 Å². The Morgan fingerprint density at radius 2 is 2.09 bits per heavy atom. The van der Waals surface area contributed by atoms with Gasteiger partial charge < -0.3 is 14.8 Å². The molecule has 0 fully saturated rings. The maximum Gasteiger partial charge on any atom is 0.226 e. The molecule has 22 heavy (non-hydrogen) atoms. The maximum atomic E-state index is 12.0. The zero-order chi connectivity index (χ0) is 15.4. The SMILES string of the molecule is O=C(CCn1cncn1)Nc1cc2c(cc1Cl)OCCCO2. The molecule has 0 aliphatic carbocycles. The van der Waals surface area contributed by atoms with Crippen molar-refractivity contribution in [2.75, 3.05) is 18.5 Å². The number of aryl methyl sites for hydroxylation is 1. The van der Waals surface area contributed by atoms with Gasteiger partial charge in [0.15, 0.2) is 11.5 Å². The Morgan fingerprint density at radius 3 is 2.82 bits per heavy atom. The smallest absolute Gasteiger partial charge is 0.226 e. The van der Waals surface area contributed by atoms with Gasteiger partial charge in [0.05, 0.1) is 30.5 Å². The van der Waals surface area contributed by atoms with Gasteiger partial charge in [0.2, 0.25) is 5.91 Å². The Hall–Kier alpha value is -2.28. The molecule has 0 saturated heterocycles. The van der Waals surface area contributed by atoms with Crippen LogP contribution < -0.4 is 14.8 Å². The van der Waals surface area contributed by atoms with Gasteiger partial charge in [-0.3, -0.25) is 9.48 Å². The number of ether oxygens (including phenoxy) is 2. The lowest BCUT2D eigenvalue weighted by Gasteiger charge is -2.12. The van der Waals surface area contributed by atoms with Gasteiger partial charge in [0.25, 0.3) is 0 Å². The molecule has 2 aromatic rings. The van der Waals surface area contributed by atoms with Gasteiger partial charge in [-0.1, -0.05) is 11.6 Å². The van der Waals surface area contributed by atoms with Crippen LogP contribution in [0.2, 0.25) is 5.02 Å². The molecule has 1 aromatic carbocycles. The molecule has 1 N–H and O–H groups in total. The van der Waals surface area contributed by atoms with Gasteiger partial charge in [0, 0.05) is 25.0 Å². The summed E-state index contributed by atoms with van der Waals surface area (Å²) in [4.78, 5) is 15.8. The molecule has 8 heteroatoms. The van der Waals surface area contributed by atoms with E-state index in [9.17, 15) is 4.79 Å². The van der Waals surface area contributed by atoms with Crippen molar-refractivity contribution < 1.29 is 14.3 Å². The highest BCUT2D eigenvalue weighted by atomic mass is 35.5. The fraction of sp³-hybridized carbons (Fsp3) is 0.357. The van der Waals surface area contributed by atoms with Crippen LogP contribution in [0.4, 0.5) is 5.69 Å². The zero-order valence-electron chi connectivity index (χ0n) is 11.8. The second kappa shape index (κ2) is 6.65. The number of fused-ring (bicyclic) bond motifs is 1. The Bertz CT molecular complexity index is 660. The van der Waals surface area contributed by atoms with Crippen molar-refractivity contribution in [2.24, 2.45) is 0 Å². The first kappa shape index (κ1) is 14.6. The summed E-state index contributed by atoms with van der Waals surface area (Å²) in [6.45, 7) is 1.62. The highest BCUT2D eigenvalue weighted by Gasteiger charge is 2.15. The van der Waals surface area contributed by atoms with Crippen molar-refractivity contribution in [1.82, 2.24) is 14.8 Å². The van der Waals surface area contributed by atoms with E-state index in [0.29, 0.717) is 42.0 Å². The molecule has 7 nitrogen and oxygen atoms in total. The van der Waals surface area contributed by atoms with E-state index in [1.807, 2.05) is 0 Å². The molecular weight excluding hydrogens is 308 g/mol. The number of nitrogens with zero attached hydrogens (tertiary/aromatic N) is 3. The molecule has 0 spiro atoms. The Balaban J connectivity index is 1.66. The fourth-order valence-electron chi connectivity index (χ4n) is 2.06. The van der Waals surface area contributed by atoms with E-state index in [1.165, 1.54) is 6.33 Å². The van der Waals surface area contributed by atoms with E-state index in [2.05, 4.69) is 15.4 Å². The molecule has 0 saturated carbocycles. The predicted molar refractivity (Wildman–Crippen MR) is 80.3 cm³/mol. The van der Waals surface area contributed by atoms with E-state index >= 15 is 0 Å². The van der Waals surface area contributed by atoms with E-state index in [0.717, 1.165) is 6.42 Å². The molecule has 0 unspecified atom stereocenters. The van der Waals surface area contributed by atoms with Crippen LogP contribution in [-0.4, -0.2) is 33.9 Å². The largest absolute Gasteiger partial charge is 0.490 e. The first-order valence-corrected chi connectivity index (χ1v) is 7.31. The molecule has 1 aromatic heterocycles. The second-order valence-corrected chi connectivity index (χ2v) is 5.19. The molecule has 3 rings (SSSR count). The molecule has 1 aliphatic heterocycles. The molecule has 1 aliphatic rings. The molecule has 1 amide bonds. The van der Waals surface area contributed by atoms with Crippen molar-refractivity contribution in [3.05, 3.63) is 29.8 Å². The minimum Gasteiger partial charge on any atom is -0.490 e. The van der Waals surface area contributed by atoms with Gasteiger partial charge in [0.1, 0.15) is 12.7 Å². The van der Waals surface area contributed by atoms with Crippen molar-refractivity contribution in [1.29, 1.82) is 0 Å². The molecule has 0 radical (unpaired) electrons. The first-order chi connectivity index (χ1) is 10.7. The number of benzene rings is 1. The topological polar surface area (TPSA) is 78.3 Å². The summed E-state index contributed by atoms with van der Waals surface area (Å²) in [5.74, 6) is 1.03. The number of aromatic nitrogens is 3. The number of carbonyl (C=O) groups excluding carboxylic acids is 1. The quantitative estimate of drug-likeness (QED) is 0.933. The number of rotatable bonds is 4. The third-order valence-corrected chi connectivity index (χ3v) is 3.46. The summed E-state index contributed by atoms with van der Waals surface area (Å²) in [5, 5.41) is 7.13. The zero-order valence-corrected chi connectivity index (χ0v) is 12.5. The Morgan fingerprint density at radius 1 is 1.32 bits per heavy atom. The van der Waals surface area contributed by atoms with E-state index in [4.69, 9.17) is 21.1 Å². The number of amides is 1. The van der Waals surface area contributed by atoms with Crippen LogP contribution in [0, 0.1) is 0 Å². The third kappa shape index (κ3) is 3.48. The fourth-order valence-corrected chi connectivity index (χ4v) is 2.26. The summed E-state index contributed by atoms with van der Waals surface area (Å²) in [5.41, 5.74) is 0.509. The van der Waals surface area contributed by atoms with Gasteiger partial charge in [-0.2, -0.15) is 5.10 Å². The standard InChI is InChI=1S/C14H15ClN4O3/c15-10-6-12-13(22-5-1-4-21-12)7-11(10)18-14(20)2-3-19-9-16-8-17-19/h6-9H,1-5H2,(H,18,20). The van der Waals surface area contributed by atoms with Crippen molar-refractivity contribution in [3.8, 4) is 11.5 Å². The van der Waals surface area contributed by atoms with Crippen LogP contribution in [0.25, 0.3) is 0 Å². The summed E-state index contributed by atoms with van der Waals surface area (Å²) in [6, 6.07) is 3.35. The predicted octanol–water partition coefficient (Wildman–Crippen LogP) is 2.12. The third-order valence-electron chi connectivity index (χ3n) is 3.15. The van der Waals surface area contributed by atoms with Crippen LogP contribution in [0.5, 0.6) is 11.5 Å². The number of anilines is 1. The normalized spacial score (nSPS) is 13.5. The van der Waals surface area contributed by atoms with E-state index in [-0.39, 0.29) is 12.3 Å². The second-order valence-electron chi connectivity index (χ2n) is 4.79. The molecule has 0 bridgehead atoms. The Labute approximate surface area is 132 Å². The van der Waals surface area contributed by atoms with Crippen LogP contribution in [0.15, 0.2) is 24.8 Å². The monoisotopic (exact) mass is 322 g/mol. The van der Waals surface area contributed by atoms with Gasteiger partial charge >= 0.3 is 0 Å². The van der Waals surface area contributed by atoms with E-state index in [1.54, 1.807) is 23.1 Å². The average Bonchev–Trinajstić information content (AvgIpc) is 2.92. The van der Waals surface area contributed by atoms with Gasteiger partial charge in [-0.25, -0.2) is 4.98 Å². The van der Waals surface area contributed by atoms with Gasteiger partial charge in [-0.05, 0) is 0 Å². The number of carbonyl (C=O) groups is 1. The molecular formula is C14H15ClN4O3. The molecule has 116 valence electrons. The summed E-state index contributed by atoms with van der Waals surface area (Å²) < 4.78 is 12.7. The van der Waals surface area contributed by atoms with Crippen LogP contribution >= 0.6 is 11.6 Å². The van der Waals surface area contributed by atoms with Crippen molar-refractivity contribution >= 4 is 23.2 Å². The highest BCUT2D eigenvalue weighted by molar-refractivity contribution is 6.34. The summed E-state index contributed by atoms with van der Waals surface area (Å²) in [6.07, 6.45) is 4.08. The van der Waals surface area contributed by atoms with E-state index < -0.39 is 0 Å².